The molecule has 100 valence electrons. The largest absolute Gasteiger partial charge is 0.496 e. The zero-order valence-electron chi connectivity index (χ0n) is 10.2. The summed E-state index contributed by atoms with van der Waals surface area (Å²) >= 11 is 5.83. The molecule has 0 heterocycles. The van der Waals surface area contributed by atoms with Crippen LogP contribution in [0.2, 0.25) is 5.02 Å². The van der Waals surface area contributed by atoms with Gasteiger partial charge in [0.05, 0.1) is 7.11 Å². The number of rotatable bonds is 5. The van der Waals surface area contributed by atoms with Gasteiger partial charge in [-0.15, -0.1) is 0 Å². The summed E-state index contributed by atoms with van der Waals surface area (Å²) in [6.45, 7) is 1.28. The van der Waals surface area contributed by atoms with Gasteiger partial charge in [-0.2, -0.15) is 0 Å². The summed E-state index contributed by atoms with van der Waals surface area (Å²) in [6, 6.07) is 4.74. The second-order valence-corrected chi connectivity index (χ2v) is 4.27. The molecule has 1 rings (SSSR count). The smallest absolute Gasteiger partial charge is 0.216 e. The molecule has 6 heteroatoms. The third-order valence-electron chi connectivity index (χ3n) is 2.44. The summed E-state index contributed by atoms with van der Waals surface area (Å²) in [5.74, 6) is 0.146. The van der Waals surface area contributed by atoms with E-state index in [4.69, 9.17) is 16.3 Å². The van der Waals surface area contributed by atoms with Crippen LogP contribution in [0, 0.1) is 0 Å². The quantitative estimate of drug-likeness (QED) is 0.744. The first-order valence-corrected chi connectivity index (χ1v) is 5.77. The van der Waals surface area contributed by atoms with Crippen LogP contribution in [0.25, 0.3) is 0 Å². The van der Waals surface area contributed by atoms with Gasteiger partial charge >= 0.3 is 0 Å². The molecule has 5 nitrogen and oxygen atoms in total. The fourth-order valence-corrected chi connectivity index (χ4v) is 1.68. The van der Waals surface area contributed by atoms with E-state index in [1.54, 1.807) is 12.1 Å². The van der Waals surface area contributed by atoms with Crippen molar-refractivity contribution in [2.45, 2.75) is 19.1 Å². The van der Waals surface area contributed by atoms with E-state index >= 15 is 0 Å². The molecule has 0 aliphatic heterocycles. The first-order chi connectivity index (χ1) is 8.45. The molecule has 0 aliphatic carbocycles. The lowest BCUT2D eigenvalue weighted by Gasteiger charge is -2.20. The highest BCUT2D eigenvalue weighted by Crippen LogP contribution is 2.29. The van der Waals surface area contributed by atoms with E-state index in [1.165, 1.54) is 20.1 Å². The van der Waals surface area contributed by atoms with Crippen LogP contribution in [-0.2, 0) is 4.79 Å². The Hall–Kier alpha value is -1.30. The van der Waals surface area contributed by atoms with Gasteiger partial charge in [0.1, 0.15) is 18.0 Å². The van der Waals surface area contributed by atoms with Crippen molar-refractivity contribution in [3.05, 3.63) is 28.8 Å². The van der Waals surface area contributed by atoms with Gasteiger partial charge in [0.25, 0.3) is 0 Å². The van der Waals surface area contributed by atoms with Crippen LogP contribution in [0.15, 0.2) is 18.2 Å². The topological polar surface area (TPSA) is 78.8 Å². The monoisotopic (exact) mass is 273 g/mol. The number of amides is 1. The van der Waals surface area contributed by atoms with E-state index in [0.29, 0.717) is 16.3 Å². The van der Waals surface area contributed by atoms with Crippen LogP contribution in [0.4, 0.5) is 0 Å². The van der Waals surface area contributed by atoms with Crippen molar-refractivity contribution in [1.29, 1.82) is 0 Å². The van der Waals surface area contributed by atoms with Gasteiger partial charge in [-0.25, -0.2) is 0 Å². The van der Waals surface area contributed by atoms with Crippen molar-refractivity contribution in [2.75, 3.05) is 13.7 Å². The lowest BCUT2D eigenvalue weighted by molar-refractivity contribution is -0.119. The highest BCUT2D eigenvalue weighted by Gasteiger charge is 2.22. The first kappa shape index (κ1) is 14.8. The highest BCUT2D eigenvalue weighted by atomic mass is 35.5. The molecule has 0 aliphatic rings. The third kappa shape index (κ3) is 3.87. The lowest BCUT2D eigenvalue weighted by Crippen LogP contribution is -2.34. The van der Waals surface area contributed by atoms with E-state index in [2.05, 4.69) is 5.32 Å². The molecule has 2 atom stereocenters. The maximum absolute atomic E-state index is 10.7. The molecule has 0 spiro atoms. The van der Waals surface area contributed by atoms with E-state index in [-0.39, 0.29) is 12.5 Å². The number of hydrogen-bond acceptors (Lipinski definition) is 4. The second kappa shape index (κ2) is 6.58. The Morgan fingerprint density at radius 2 is 2.17 bits per heavy atom. The number of carbonyl (C=O) groups is 1. The van der Waals surface area contributed by atoms with E-state index < -0.39 is 12.2 Å². The average Bonchev–Trinajstić information content (AvgIpc) is 2.34. The number of aliphatic hydroxyl groups is 2. The lowest BCUT2D eigenvalue weighted by atomic mass is 10.0. The Morgan fingerprint density at radius 1 is 1.50 bits per heavy atom. The van der Waals surface area contributed by atoms with Crippen molar-refractivity contribution in [3.8, 4) is 5.75 Å². The molecule has 3 N–H and O–H groups in total. The van der Waals surface area contributed by atoms with Crippen LogP contribution in [0.3, 0.4) is 0 Å². The maximum Gasteiger partial charge on any atom is 0.216 e. The first-order valence-electron chi connectivity index (χ1n) is 5.39. The number of benzene rings is 1. The number of halogens is 1. The van der Waals surface area contributed by atoms with Gasteiger partial charge in [-0.3, -0.25) is 4.79 Å². The molecule has 1 amide bonds. The average molecular weight is 274 g/mol. The summed E-state index contributed by atoms with van der Waals surface area (Å²) in [5.41, 5.74) is 0.378. The number of methoxy groups -OCH3 is 1. The van der Waals surface area contributed by atoms with Crippen LogP contribution < -0.4 is 10.1 Å². The van der Waals surface area contributed by atoms with Crippen LogP contribution in [0.5, 0.6) is 5.75 Å². The number of aliphatic hydroxyl groups excluding tert-OH is 2. The molecular formula is C12H16ClNO4. The predicted octanol–water partition coefficient (Wildman–Crippen LogP) is 0.879. The molecule has 1 aromatic carbocycles. The summed E-state index contributed by atoms with van der Waals surface area (Å²) in [6.07, 6.45) is -2.33. The van der Waals surface area contributed by atoms with Gasteiger partial charge in [-0.1, -0.05) is 11.6 Å². The van der Waals surface area contributed by atoms with Crippen molar-refractivity contribution >= 4 is 17.5 Å². The normalized spacial score (nSPS) is 13.8. The van der Waals surface area contributed by atoms with Gasteiger partial charge < -0.3 is 20.3 Å². The number of hydrogen-bond donors (Lipinski definition) is 3. The summed E-state index contributed by atoms with van der Waals surface area (Å²) in [5, 5.41) is 22.6. The third-order valence-corrected chi connectivity index (χ3v) is 2.67. The number of nitrogens with one attached hydrogen (secondary N) is 1. The summed E-state index contributed by atoms with van der Waals surface area (Å²) < 4.78 is 5.08. The minimum Gasteiger partial charge on any atom is -0.496 e. The second-order valence-electron chi connectivity index (χ2n) is 3.84. The van der Waals surface area contributed by atoms with Gasteiger partial charge in [0.2, 0.25) is 5.91 Å². The Bertz CT molecular complexity index is 425. The van der Waals surface area contributed by atoms with Crippen molar-refractivity contribution in [3.63, 3.8) is 0 Å². The molecule has 1 aromatic rings. The number of ether oxygens (including phenoxy) is 1. The Kier molecular flexibility index (Phi) is 5.40. The Morgan fingerprint density at radius 3 is 2.72 bits per heavy atom. The SMILES string of the molecule is COc1ccc(Cl)cc1C(O)C(O)CNC(C)=O. The zero-order chi connectivity index (χ0) is 13.7. The fraction of sp³-hybridized carbons (Fsp3) is 0.417. The van der Waals surface area contributed by atoms with Crippen LogP contribution in [-0.4, -0.2) is 35.9 Å². The molecule has 0 saturated heterocycles. The van der Waals surface area contributed by atoms with Crippen LogP contribution in [0.1, 0.15) is 18.6 Å². The van der Waals surface area contributed by atoms with Gasteiger partial charge in [0.15, 0.2) is 0 Å². The van der Waals surface area contributed by atoms with E-state index in [1.807, 2.05) is 0 Å². The predicted molar refractivity (Wildman–Crippen MR) is 67.7 cm³/mol. The molecule has 0 fully saturated rings. The zero-order valence-corrected chi connectivity index (χ0v) is 10.9. The molecule has 0 aromatic heterocycles. The molecule has 0 bridgehead atoms. The minimum absolute atomic E-state index is 0.0494. The summed E-state index contributed by atoms with van der Waals surface area (Å²) in [7, 11) is 1.46. The van der Waals surface area contributed by atoms with Crippen molar-refractivity contribution < 1.29 is 19.7 Å². The fourth-order valence-electron chi connectivity index (χ4n) is 1.50. The van der Waals surface area contributed by atoms with Crippen LogP contribution >= 0.6 is 11.6 Å². The molecule has 0 saturated carbocycles. The Labute approximate surface area is 110 Å². The molecule has 0 radical (unpaired) electrons. The molecule has 18 heavy (non-hydrogen) atoms. The maximum atomic E-state index is 10.7. The van der Waals surface area contributed by atoms with Gasteiger partial charge in [0, 0.05) is 24.1 Å². The molecule has 2 unspecified atom stereocenters. The van der Waals surface area contributed by atoms with Crippen molar-refractivity contribution in [1.82, 2.24) is 5.32 Å². The summed E-state index contributed by atoms with van der Waals surface area (Å²) in [4.78, 5) is 10.7. The van der Waals surface area contributed by atoms with E-state index in [0.717, 1.165) is 0 Å². The highest BCUT2D eigenvalue weighted by molar-refractivity contribution is 6.30. The molecular weight excluding hydrogens is 258 g/mol. The minimum atomic E-state index is -1.19. The van der Waals surface area contributed by atoms with Crippen molar-refractivity contribution in [2.24, 2.45) is 0 Å². The van der Waals surface area contributed by atoms with E-state index in [9.17, 15) is 15.0 Å². The van der Waals surface area contributed by atoms with Gasteiger partial charge in [-0.05, 0) is 18.2 Å². The number of carbonyl (C=O) groups excluding carboxylic acids is 1. The Balaban J connectivity index is 2.84. The standard InChI is InChI=1S/C12H16ClNO4/c1-7(15)14-6-10(16)12(17)9-5-8(13)3-4-11(9)18-2/h3-5,10,12,16-17H,6H2,1-2H3,(H,14,15).